The predicted octanol–water partition coefficient (Wildman–Crippen LogP) is 6.29. The van der Waals surface area contributed by atoms with Gasteiger partial charge in [-0.25, -0.2) is 4.98 Å². The fourth-order valence-electron chi connectivity index (χ4n) is 3.87. The summed E-state index contributed by atoms with van der Waals surface area (Å²) in [6.45, 7) is 7.56. The molecule has 0 unspecified atom stereocenters. The van der Waals surface area contributed by atoms with Crippen molar-refractivity contribution < 1.29 is 0 Å². The average molecular weight is 444 g/mol. The van der Waals surface area contributed by atoms with Gasteiger partial charge < -0.3 is 15.5 Å². The number of nitrogens with zero attached hydrogens (tertiary/aromatic N) is 4. The van der Waals surface area contributed by atoms with Gasteiger partial charge in [0.1, 0.15) is 0 Å². The lowest BCUT2D eigenvalue weighted by molar-refractivity contribution is 0.704. The number of H-pyrrole nitrogens is 1. The highest BCUT2D eigenvalue weighted by Gasteiger charge is 2.12. The third-order valence-corrected chi connectivity index (χ3v) is 6.34. The van der Waals surface area contributed by atoms with E-state index in [4.69, 9.17) is 9.97 Å². The molecule has 7 nitrogen and oxygen atoms in total. The van der Waals surface area contributed by atoms with Crippen LogP contribution in [0.2, 0.25) is 0 Å². The van der Waals surface area contributed by atoms with E-state index in [0.29, 0.717) is 12.0 Å². The minimum atomic E-state index is 0.457. The summed E-state index contributed by atoms with van der Waals surface area (Å²) in [5, 5.41) is 17.0. The molecule has 0 aliphatic rings. The molecular weight excluding hydrogens is 418 g/mol. The number of benzene rings is 2. The zero-order valence-electron chi connectivity index (χ0n) is 18.3. The van der Waals surface area contributed by atoms with E-state index in [0.717, 1.165) is 44.9 Å². The lowest BCUT2D eigenvalue weighted by atomic mass is 10.2. The van der Waals surface area contributed by atoms with Gasteiger partial charge in [0.15, 0.2) is 5.82 Å². The average Bonchev–Trinajstić information content (AvgIpc) is 3.44. The van der Waals surface area contributed by atoms with Gasteiger partial charge in [0, 0.05) is 35.0 Å². The number of fused-ring (bicyclic) bond motifs is 2. The predicted molar refractivity (Wildman–Crippen MR) is 135 cm³/mol. The lowest BCUT2D eigenvalue weighted by Crippen LogP contribution is -2.30. The Bertz CT molecular complexity index is 1350. The SMILES string of the molecule is CCN(c1ccc(Nc2nc(Nc3ccc4[nH]ncc4c3)c3sccc3n2)cc1)C(C)C. The van der Waals surface area contributed by atoms with Gasteiger partial charge in [0.2, 0.25) is 5.95 Å². The molecule has 32 heavy (non-hydrogen) atoms. The first-order valence-electron chi connectivity index (χ1n) is 10.7. The smallest absolute Gasteiger partial charge is 0.229 e. The second kappa shape index (κ2) is 8.47. The fourth-order valence-corrected chi connectivity index (χ4v) is 4.65. The van der Waals surface area contributed by atoms with Crippen molar-refractivity contribution >= 4 is 61.3 Å². The highest BCUT2D eigenvalue weighted by atomic mass is 32.1. The second-order valence-electron chi connectivity index (χ2n) is 7.88. The summed E-state index contributed by atoms with van der Waals surface area (Å²) in [6, 6.07) is 17.0. The Morgan fingerprint density at radius 1 is 1.00 bits per heavy atom. The Morgan fingerprint density at radius 2 is 1.81 bits per heavy atom. The van der Waals surface area contributed by atoms with Crippen molar-refractivity contribution in [1.82, 2.24) is 20.2 Å². The summed E-state index contributed by atoms with van der Waals surface area (Å²) in [6.07, 6.45) is 1.82. The molecule has 0 saturated carbocycles. The molecule has 5 aromatic rings. The van der Waals surface area contributed by atoms with Crippen LogP contribution in [-0.2, 0) is 0 Å². The van der Waals surface area contributed by atoms with Crippen LogP contribution in [0.1, 0.15) is 20.8 Å². The summed E-state index contributed by atoms with van der Waals surface area (Å²) in [5.41, 5.74) is 5.03. The number of aromatic nitrogens is 4. The van der Waals surface area contributed by atoms with Crippen LogP contribution in [0.4, 0.5) is 28.8 Å². The lowest BCUT2D eigenvalue weighted by Gasteiger charge is -2.27. The van der Waals surface area contributed by atoms with Crippen LogP contribution in [0.5, 0.6) is 0 Å². The number of hydrogen-bond donors (Lipinski definition) is 3. The normalized spacial score (nSPS) is 11.4. The van der Waals surface area contributed by atoms with Crippen molar-refractivity contribution in [2.45, 2.75) is 26.8 Å². The Morgan fingerprint density at radius 3 is 2.59 bits per heavy atom. The van der Waals surface area contributed by atoms with Gasteiger partial charge >= 0.3 is 0 Å². The maximum atomic E-state index is 4.78. The largest absolute Gasteiger partial charge is 0.369 e. The van der Waals surface area contributed by atoms with E-state index in [1.807, 2.05) is 29.8 Å². The number of thiophene rings is 1. The Hall–Kier alpha value is -3.65. The molecule has 0 atom stereocenters. The minimum Gasteiger partial charge on any atom is -0.369 e. The van der Waals surface area contributed by atoms with Crippen LogP contribution in [0.15, 0.2) is 60.1 Å². The van der Waals surface area contributed by atoms with Gasteiger partial charge in [-0.1, -0.05) is 0 Å². The summed E-state index contributed by atoms with van der Waals surface area (Å²) in [7, 11) is 0. The van der Waals surface area contributed by atoms with Crippen LogP contribution in [-0.4, -0.2) is 32.8 Å². The molecule has 0 bridgehead atoms. The van der Waals surface area contributed by atoms with Crippen molar-refractivity contribution in [3.8, 4) is 0 Å². The molecule has 8 heteroatoms. The molecule has 0 aliphatic carbocycles. The third kappa shape index (κ3) is 3.97. The molecule has 0 saturated heterocycles. The van der Waals surface area contributed by atoms with Crippen LogP contribution in [0.25, 0.3) is 21.1 Å². The van der Waals surface area contributed by atoms with Gasteiger partial charge in [-0.3, -0.25) is 5.10 Å². The molecular formula is C24H25N7S. The number of rotatable bonds is 7. The first-order chi connectivity index (χ1) is 15.6. The van der Waals surface area contributed by atoms with E-state index in [-0.39, 0.29) is 0 Å². The van der Waals surface area contributed by atoms with Crippen LogP contribution in [0.3, 0.4) is 0 Å². The van der Waals surface area contributed by atoms with Crippen molar-refractivity contribution in [2.24, 2.45) is 0 Å². The van der Waals surface area contributed by atoms with Gasteiger partial charge in [0.25, 0.3) is 0 Å². The molecule has 0 aliphatic heterocycles. The number of nitrogens with one attached hydrogen (secondary N) is 3. The first-order valence-corrected chi connectivity index (χ1v) is 11.6. The summed E-state index contributed by atoms with van der Waals surface area (Å²) in [4.78, 5) is 11.8. The fraction of sp³-hybridized carbons (Fsp3) is 0.208. The van der Waals surface area contributed by atoms with Crippen molar-refractivity contribution in [1.29, 1.82) is 0 Å². The van der Waals surface area contributed by atoms with Crippen LogP contribution >= 0.6 is 11.3 Å². The Balaban J connectivity index is 1.42. The van der Waals surface area contributed by atoms with Crippen LogP contribution in [0, 0.1) is 0 Å². The minimum absolute atomic E-state index is 0.457. The summed E-state index contributed by atoms with van der Waals surface area (Å²) < 4.78 is 1.02. The molecule has 3 N–H and O–H groups in total. The van der Waals surface area contributed by atoms with E-state index in [2.05, 4.69) is 76.8 Å². The molecule has 2 aromatic carbocycles. The summed E-state index contributed by atoms with van der Waals surface area (Å²) >= 11 is 1.62. The highest BCUT2D eigenvalue weighted by molar-refractivity contribution is 7.17. The molecule has 162 valence electrons. The van der Waals surface area contributed by atoms with Gasteiger partial charge in [-0.15, -0.1) is 11.3 Å². The zero-order chi connectivity index (χ0) is 22.1. The maximum Gasteiger partial charge on any atom is 0.229 e. The quantitative estimate of drug-likeness (QED) is 0.274. The first kappa shape index (κ1) is 20.3. The Kier molecular flexibility index (Phi) is 5.36. The van der Waals surface area contributed by atoms with Crippen molar-refractivity contribution in [2.75, 3.05) is 22.1 Å². The van der Waals surface area contributed by atoms with Crippen molar-refractivity contribution in [3.63, 3.8) is 0 Å². The van der Waals surface area contributed by atoms with Gasteiger partial charge in [0.05, 0.1) is 21.9 Å². The topological polar surface area (TPSA) is 81.8 Å². The maximum absolute atomic E-state index is 4.78. The second-order valence-corrected chi connectivity index (χ2v) is 8.80. The molecule has 0 radical (unpaired) electrons. The van der Waals surface area contributed by atoms with E-state index in [9.17, 15) is 0 Å². The zero-order valence-corrected chi connectivity index (χ0v) is 19.1. The molecule has 5 rings (SSSR count). The van der Waals surface area contributed by atoms with E-state index in [1.54, 1.807) is 11.3 Å². The Labute approximate surface area is 190 Å². The van der Waals surface area contributed by atoms with E-state index >= 15 is 0 Å². The monoisotopic (exact) mass is 443 g/mol. The van der Waals surface area contributed by atoms with E-state index in [1.165, 1.54) is 5.69 Å². The molecule has 0 spiro atoms. The van der Waals surface area contributed by atoms with Crippen LogP contribution < -0.4 is 15.5 Å². The number of anilines is 5. The van der Waals surface area contributed by atoms with Gasteiger partial charge in [-0.2, -0.15) is 10.1 Å². The highest BCUT2D eigenvalue weighted by Crippen LogP contribution is 2.31. The molecule has 3 heterocycles. The van der Waals surface area contributed by atoms with Gasteiger partial charge in [-0.05, 0) is 74.7 Å². The van der Waals surface area contributed by atoms with Crippen molar-refractivity contribution in [3.05, 3.63) is 60.1 Å². The number of hydrogen-bond acceptors (Lipinski definition) is 7. The molecule has 0 amide bonds. The molecule has 3 aromatic heterocycles. The third-order valence-electron chi connectivity index (χ3n) is 5.43. The standard InChI is InChI=1S/C24H25N7S/c1-4-31(15(2)3)19-8-5-17(6-9-19)27-24-28-21-11-12-32-22(21)23(29-24)26-18-7-10-20-16(13-18)14-25-30-20/h5-15H,4H2,1-3H3,(H,25,30)(H2,26,27,28,29). The number of aromatic amines is 1. The van der Waals surface area contributed by atoms with E-state index < -0.39 is 0 Å². The summed E-state index contributed by atoms with van der Waals surface area (Å²) in [5.74, 6) is 1.34. The molecule has 0 fully saturated rings.